The fourth-order valence-corrected chi connectivity index (χ4v) is 6.41. The van der Waals surface area contributed by atoms with Gasteiger partial charge in [-0.1, -0.05) is 31.2 Å². The number of amides is 1. The Balaban J connectivity index is 1.61. The first-order valence-corrected chi connectivity index (χ1v) is 14.0. The minimum atomic E-state index is -4.48. The summed E-state index contributed by atoms with van der Waals surface area (Å²) >= 11 is 0. The van der Waals surface area contributed by atoms with Crippen LogP contribution >= 0.6 is 0 Å². The summed E-state index contributed by atoms with van der Waals surface area (Å²) in [6, 6.07) is 13.2. The van der Waals surface area contributed by atoms with Gasteiger partial charge in [-0.2, -0.15) is 18.3 Å². The van der Waals surface area contributed by atoms with E-state index < -0.39 is 33.5 Å². The van der Waals surface area contributed by atoms with E-state index >= 15 is 0 Å². The normalized spacial score (nSPS) is 17.1. The molecule has 1 aliphatic rings. The minimum absolute atomic E-state index is 0.0531. The van der Waals surface area contributed by atoms with Crippen LogP contribution in [0, 0.1) is 6.92 Å². The van der Waals surface area contributed by atoms with Crippen LogP contribution in [0.3, 0.4) is 0 Å². The van der Waals surface area contributed by atoms with Crippen LogP contribution in [0.1, 0.15) is 46.6 Å². The van der Waals surface area contributed by atoms with E-state index in [4.69, 9.17) is 4.98 Å². The standard InChI is InChI=1S/C27H25F3N4O3S/c1-3-17-4-6-18(7-5-17)23-14-22(26(35)31-20-10-8-19(9-11-20)27(28,29)30)24-16(2)33-34(25(24)32-23)21-12-13-38(36,37)15-21/h4-11,14,21H,3,12-13,15H2,1-2H3,(H,31,35). The monoisotopic (exact) mass is 542 g/mol. The number of hydrogen-bond acceptors (Lipinski definition) is 5. The van der Waals surface area contributed by atoms with Crippen molar-refractivity contribution in [1.82, 2.24) is 14.8 Å². The Kier molecular flexibility index (Phi) is 6.50. The van der Waals surface area contributed by atoms with Crippen molar-refractivity contribution >= 4 is 32.5 Å². The van der Waals surface area contributed by atoms with E-state index in [0.717, 1.165) is 29.7 Å². The van der Waals surface area contributed by atoms with Gasteiger partial charge in [-0.05, 0) is 55.7 Å². The number of sulfone groups is 1. The Labute approximate surface area is 217 Å². The van der Waals surface area contributed by atoms with Crippen molar-refractivity contribution in [3.05, 3.63) is 77.0 Å². The van der Waals surface area contributed by atoms with Gasteiger partial charge in [0.2, 0.25) is 0 Å². The Morgan fingerprint density at radius 2 is 1.79 bits per heavy atom. The molecule has 5 rings (SSSR count). The lowest BCUT2D eigenvalue weighted by Gasteiger charge is -2.13. The van der Waals surface area contributed by atoms with E-state index in [-0.39, 0.29) is 22.8 Å². The van der Waals surface area contributed by atoms with Crippen molar-refractivity contribution in [2.24, 2.45) is 0 Å². The van der Waals surface area contributed by atoms with Gasteiger partial charge in [0, 0.05) is 11.3 Å². The SMILES string of the molecule is CCc1ccc(-c2cc(C(=O)Nc3ccc(C(F)(F)F)cc3)c3c(C)nn(C4CCS(=O)(=O)C4)c3n2)cc1. The van der Waals surface area contributed by atoms with Crippen molar-refractivity contribution in [3.8, 4) is 11.3 Å². The van der Waals surface area contributed by atoms with Crippen LogP contribution in [0.15, 0.2) is 54.6 Å². The number of aryl methyl sites for hydroxylation is 2. The molecule has 11 heteroatoms. The van der Waals surface area contributed by atoms with Crippen LogP contribution < -0.4 is 5.32 Å². The van der Waals surface area contributed by atoms with Gasteiger partial charge in [0.1, 0.15) is 0 Å². The molecule has 1 unspecified atom stereocenters. The van der Waals surface area contributed by atoms with Gasteiger partial charge in [0.25, 0.3) is 5.91 Å². The summed E-state index contributed by atoms with van der Waals surface area (Å²) in [6.45, 7) is 3.76. The number of carbonyl (C=O) groups excluding carboxylic acids is 1. The van der Waals surface area contributed by atoms with Crippen LogP contribution in [0.4, 0.5) is 18.9 Å². The van der Waals surface area contributed by atoms with Crippen molar-refractivity contribution in [2.45, 2.75) is 38.9 Å². The third-order valence-corrected chi connectivity index (χ3v) is 8.51. The average molecular weight is 543 g/mol. The summed E-state index contributed by atoms with van der Waals surface area (Å²) in [4.78, 5) is 18.3. The molecule has 2 aromatic carbocycles. The summed E-state index contributed by atoms with van der Waals surface area (Å²) in [6.07, 6.45) is -3.24. The molecule has 0 radical (unpaired) electrons. The van der Waals surface area contributed by atoms with Crippen LogP contribution in [0.2, 0.25) is 0 Å². The first kappa shape index (κ1) is 25.9. The fraction of sp³-hybridized carbons (Fsp3) is 0.296. The lowest BCUT2D eigenvalue weighted by molar-refractivity contribution is -0.137. The van der Waals surface area contributed by atoms with Gasteiger partial charge >= 0.3 is 6.18 Å². The maximum absolute atomic E-state index is 13.5. The van der Waals surface area contributed by atoms with E-state index in [1.165, 1.54) is 12.1 Å². The molecule has 0 aliphatic carbocycles. The molecule has 1 aliphatic heterocycles. The van der Waals surface area contributed by atoms with Crippen LogP contribution in [-0.2, 0) is 22.4 Å². The van der Waals surface area contributed by atoms with Gasteiger partial charge in [0.05, 0.1) is 45.4 Å². The first-order valence-electron chi connectivity index (χ1n) is 12.1. The predicted molar refractivity (Wildman–Crippen MR) is 139 cm³/mol. The number of halogens is 3. The highest BCUT2D eigenvalue weighted by Crippen LogP contribution is 2.33. The van der Waals surface area contributed by atoms with E-state index in [2.05, 4.69) is 10.4 Å². The number of benzene rings is 2. The van der Waals surface area contributed by atoms with Gasteiger partial charge in [-0.25, -0.2) is 18.1 Å². The zero-order chi connectivity index (χ0) is 27.2. The smallest absolute Gasteiger partial charge is 0.322 e. The summed E-state index contributed by atoms with van der Waals surface area (Å²) < 4.78 is 64.8. The highest BCUT2D eigenvalue weighted by Gasteiger charge is 2.33. The zero-order valence-corrected chi connectivity index (χ0v) is 21.5. The van der Waals surface area contributed by atoms with E-state index in [1.54, 1.807) is 17.7 Å². The molecule has 38 heavy (non-hydrogen) atoms. The number of rotatable bonds is 5. The maximum atomic E-state index is 13.5. The third kappa shape index (κ3) is 5.02. The molecular weight excluding hydrogens is 517 g/mol. The number of nitrogens with one attached hydrogen (secondary N) is 1. The Bertz CT molecular complexity index is 1630. The van der Waals surface area contributed by atoms with Gasteiger partial charge in [-0.15, -0.1) is 0 Å². The molecule has 7 nitrogen and oxygen atoms in total. The number of fused-ring (bicyclic) bond motifs is 1. The summed E-state index contributed by atoms with van der Waals surface area (Å²) in [5, 5.41) is 7.72. The molecule has 198 valence electrons. The topological polar surface area (TPSA) is 94.0 Å². The lowest BCUT2D eigenvalue weighted by atomic mass is 10.0. The first-order chi connectivity index (χ1) is 17.9. The second-order valence-corrected chi connectivity index (χ2v) is 11.6. The Hall–Kier alpha value is -3.73. The third-order valence-electron chi connectivity index (χ3n) is 6.76. The predicted octanol–water partition coefficient (Wildman–Crippen LogP) is 5.60. The fourth-order valence-electron chi connectivity index (χ4n) is 4.72. The molecular formula is C27H25F3N4O3S. The number of anilines is 1. The van der Waals surface area contributed by atoms with E-state index in [1.807, 2.05) is 31.2 Å². The van der Waals surface area contributed by atoms with Crippen LogP contribution in [0.25, 0.3) is 22.3 Å². The lowest BCUT2D eigenvalue weighted by Crippen LogP contribution is -2.15. The Morgan fingerprint density at radius 1 is 1.11 bits per heavy atom. The number of aromatic nitrogens is 3. The average Bonchev–Trinajstić information content (AvgIpc) is 3.41. The van der Waals surface area contributed by atoms with Gasteiger partial charge in [0.15, 0.2) is 15.5 Å². The maximum Gasteiger partial charge on any atom is 0.416 e. The van der Waals surface area contributed by atoms with E-state index in [9.17, 15) is 26.4 Å². The van der Waals surface area contributed by atoms with Crippen molar-refractivity contribution in [1.29, 1.82) is 0 Å². The highest BCUT2D eigenvalue weighted by molar-refractivity contribution is 7.91. The number of nitrogens with zero attached hydrogens (tertiary/aromatic N) is 3. The number of hydrogen-bond donors (Lipinski definition) is 1. The van der Waals surface area contributed by atoms with Gasteiger partial charge in [-0.3, -0.25) is 4.79 Å². The molecule has 1 N–H and O–H groups in total. The molecule has 1 fully saturated rings. The molecule has 1 saturated heterocycles. The molecule has 4 aromatic rings. The molecule has 1 amide bonds. The molecule has 0 saturated carbocycles. The highest BCUT2D eigenvalue weighted by atomic mass is 32.2. The van der Waals surface area contributed by atoms with Crippen molar-refractivity contribution in [2.75, 3.05) is 16.8 Å². The number of pyridine rings is 1. The Morgan fingerprint density at radius 3 is 2.37 bits per heavy atom. The summed E-state index contributed by atoms with van der Waals surface area (Å²) in [7, 11) is -3.20. The number of alkyl halides is 3. The molecule has 2 aromatic heterocycles. The second-order valence-electron chi connectivity index (χ2n) is 9.42. The van der Waals surface area contributed by atoms with Crippen LogP contribution in [0.5, 0.6) is 0 Å². The molecule has 0 bridgehead atoms. The van der Waals surface area contributed by atoms with Crippen LogP contribution in [-0.4, -0.2) is 40.6 Å². The molecule has 0 spiro atoms. The number of carbonyl (C=O) groups is 1. The summed E-state index contributed by atoms with van der Waals surface area (Å²) in [5.74, 6) is -0.546. The second kappa shape index (κ2) is 9.54. The molecule has 3 heterocycles. The summed E-state index contributed by atoms with van der Waals surface area (Å²) in [5.41, 5.74) is 2.91. The molecule has 1 atom stereocenters. The van der Waals surface area contributed by atoms with Gasteiger partial charge < -0.3 is 5.32 Å². The van der Waals surface area contributed by atoms with Crippen molar-refractivity contribution in [3.63, 3.8) is 0 Å². The quantitative estimate of drug-likeness (QED) is 0.354. The zero-order valence-electron chi connectivity index (χ0n) is 20.7. The van der Waals surface area contributed by atoms with Crippen molar-refractivity contribution < 1.29 is 26.4 Å². The largest absolute Gasteiger partial charge is 0.416 e. The van der Waals surface area contributed by atoms with E-state index in [0.29, 0.717) is 28.8 Å². The minimum Gasteiger partial charge on any atom is -0.322 e.